The lowest BCUT2D eigenvalue weighted by Gasteiger charge is -2.12. The molecule has 3 N–H and O–H groups in total. The van der Waals surface area contributed by atoms with Gasteiger partial charge in [0.1, 0.15) is 0 Å². The number of rotatable bonds is 6. The lowest BCUT2D eigenvalue weighted by molar-refractivity contribution is 0.102. The van der Waals surface area contributed by atoms with Crippen molar-refractivity contribution in [3.8, 4) is 11.1 Å². The standard InChI is InChI=1S/C22H21N3O2S/c1-2-28-22(27)17-6-7-20(18(13-17)14-23)15-4-3-5-16(12-15)21(26)25-19-8-10-24-11-9-19/h3-13H,2,14,23H2,1H3,(H,24,25,26). The first-order chi connectivity index (χ1) is 13.6. The molecule has 0 unspecified atom stereocenters. The number of benzene rings is 2. The van der Waals surface area contributed by atoms with Crippen LogP contribution in [0.1, 0.15) is 33.2 Å². The minimum atomic E-state index is -0.200. The highest BCUT2D eigenvalue weighted by atomic mass is 32.2. The molecule has 3 aromatic rings. The van der Waals surface area contributed by atoms with Gasteiger partial charge in [-0.05, 0) is 58.8 Å². The van der Waals surface area contributed by atoms with Gasteiger partial charge in [-0.1, -0.05) is 36.9 Å². The van der Waals surface area contributed by atoms with Crippen molar-refractivity contribution >= 4 is 28.5 Å². The van der Waals surface area contributed by atoms with Crippen LogP contribution in [0.15, 0.2) is 67.0 Å². The third kappa shape index (κ3) is 4.65. The largest absolute Gasteiger partial charge is 0.326 e. The van der Waals surface area contributed by atoms with Crippen molar-refractivity contribution < 1.29 is 9.59 Å². The van der Waals surface area contributed by atoms with Crippen LogP contribution in [0.3, 0.4) is 0 Å². The maximum Gasteiger partial charge on any atom is 0.255 e. The van der Waals surface area contributed by atoms with Crippen LogP contribution in [0.5, 0.6) is 0 Å². The Morgan fingerprint density at radius 2 is 1.82 bits per heavy atom. The van der Waals surface area contributed by atoms with Crippen molar-refractivity contribution in [2.24, 2.45) is 5.73 Å². The van der Waals surface area contributed by atoms with Gasteiger partial charge in [-0.2, -0.15) is 0 Å². The summed E-state index contributed by atoms with van der Waals surface area (Å²) in [6.45, 7) is 2.25. The number of amides is 1. The lowest BCUT2D eigenvalue weighted by Crippen LogP contribution is -2.12. The van der Waals surface area contributed by atoms with E-state index < -0.39 is 0 Å². The van der Waals surface area contributed by atoms with Crippen molar-refractivity contribution in [2.45, 2.75) is 13.5 Å². The number of hydrogen-bond acceptors (Lipinski definition) is 5. The maximum absolute atomic E-state index is 12.6. The Morgan fingerprint density at radius 3 is 2.54 bits per heavy atom. The number of thioether (sulfide) groups is 1. The molecule has 0 fully saturated rings. The fourth-order valence-corrected chi connectivity index (χ4v) is 3.41. The molecule has 5 nitrogen and oxygen atoms in total. The molecule has 0 saturated heterocycles. The summed E-state index contributed by atoms with van der Waals surface area (Å²) >= 11 is 1.28. The van der Waals surface area contributed by atoms with Crippen molar-refractivity contribution in [3.63, 3.8) is 0 Å². The number of pyridine rings is 1. The molecule has 1 heterocycles. The van der Waals surface area contributed by atoms with Gasteiger partial charge in [0.15, 0.2) is 0 Å². The molecule has 0 aliphatic heterocycles. The Labute approximate surface area is 168 Å². The molecule has 1 aromatic heterocycles. The first-order valence-corrected chi connectivity index (χ1v) is 9.93. The number of aromatic nitrogens is 1. The maximum atomic E-state index is 12.6. The average molecular weight is 391 g/mol. The monoisotopic (exact) mass is 391 g/mol. The van der Waals surface area contributed by atoms with Crippen molar-refractivity contribution in [1.29, 1.82) is 0 Å². The Hall–Kier alpha value is -2.96. The number of anilines is 1. The smallest absolute Gasteiger partial charge is 0.255 e. The van der Waals surface area contributed by atoms with Crippen LogP contribution in [0.4, 0.5) is 5.69 Å². The highest BCUT2D eigenvalue weighted by Gasteiger charge is 2.12. The number of carbonyl (C=O) groups is 2. The molecular weight excluding hydrogens is 370 g/mol. The molecule has 0 spiro atoms. The Bertz CT molecular complexity index is 990. The topological polar surface area (TPSA) is 85.1 Å². The van der Waals surface area contributed by atoms with Crippen molar-refractivity contribution in [1.82, 2.24) is 4.98 Å². The third-order valence-electron chi connectivity index (χ3n) is 4.21. The minimum absolute atomic E-state index is 0.0363. The van der Waals surface area contributed by atoms with E-state index in [1.807, 2.05) is 43.3 Å². The van der Waals surface area contributed by atoms with Crippen LogP contribution < -0.4 is 11.1 Å². The van der Waals surface area contributed by atoms with E-state index in [0.717, 1.165) is 22.4 Å². The summed E-state index contributed by atoms with van der Waals surface area (Å²) in [5.41, 5.74) is 10.5. The van der Waals surface area contributed by atoms with E-state index in [1.54, 1.807) is 30.6 Å². The molecule has 28 heavy (non-hydrogen) atoms. The van der Waals surface area contributed by atoms with Gasteiger partial charge in [0, 0.05) is 35.8 Å². The van der Waals surface area contributed by atoms with Crippen LogP contribution >= 0.6 is 11.8 Å². The predicted molar refractivity (Wildman–Crippen MR) is 114 cm³/mol. The Morgan fingerprint density at radius 1 is 1.04 bits per heavy atom. The van der Waals surface area contributed by atoms with Crippen molar-refractivity contribution in [3.05, 3.63) is 83.7 Å². The van der Waals surface area contributed by atoms with Gasteiger partial charge in [0.25, 0.3) is 5.91 Å². The lowest BCUT2D eigenvalue weighted by atomic mass is 9.96. The zero-order valence-electron chi connectivity index (χ0n) is 15.5. The van der Waals surface area contributed by atoms with E-state index in [-0.39, 0.29) is 11.0 Å². The van der Waals surface area contributed by atoms with Gasteiger partial charge in [-0.25, -0.2) is 0 Å². The van der Waals surface area contributed by atoms with Gasteiger partial charge in [-0.15, -0.1) is 0 Å². The third-order valence-corrected chi connectivity index (χ3v) is 5.00. The summed E-state index contributed by atoms with van der Waals surface area (Å²) in [7, 11) is 0. The molecule has 0 atom stereocenters. The molecule has 1 amide bonds. The van der Waals surface area contributed by atoms with E-state index in [1.165, 1.54) is 11.8 Å². The molecule has 2 aromatic carbocycles. The van der Waals surface area contributed by atoms with E-state index in [2.05, 4.69) is 10.3 Å². The predicted octanol–water partition coefficient (Wildman–Crippen LogP) is 4.35. The number of nitrogens with one attached hydrogen (secondary N) is 1. The molecule has 0 bridgehead atoms. The summed E-state index contributed by atoms with van der Waals surface area (Å²) < 4.78 is 0. The number of hydrogen-bond donors (Lipinski definition) is 2. The van der Waals surface area contributed by atoms with Gasteiger partial charge in [0.05, 0.1) is 0 Å². The van der Waals surface area contributed by atoms with E-state index in [4.69, 9.17) is 5.73 Å². The Kier molecular flexibility index (Phi) is 6.57. The van der Waals surface area contributed by atoms with Crippen LogP contribution in [-0.4, -0.2) is 21.8 Å². The molecule has 3 rings (SSSR count). The average Bonchev–Trinajstić information content (AvgIpc) is 2.74. The van der Waals surface area contributed by atoms with Gasteiger partial charge >= 0.3 is 0 Å². The second kappa shape index (κ2) is 9.30. The molecule has 0 saturated carbocycles. The summed E-state index contributed by atoms with van der Waals surface area (Å²) in [5.74, 6) is 0.529. The zero-order chi connectivity index (χ0) is 19.9. The van der Waals surface area contributed by atoms with E-state index in [9.17, 15) is 9.59 Å². The van der Waals surface area contributed by atoms with Crippen LogP contribution in [0.2, 0.25) is 0 Å². The SMILES string of the molecule is CCSC(=O)c1ccc(-c2cccc(C(=O)Nc3ccncc3)c2)c(CN)c1. The first-order valence-electron chi connectivity index (χ1n) is 8.94. The number of carbonyl (C=O) groups excluding carboxylic acids is 2. The summed E-state index contributed by atoms with van der Waals surface area (Å²) in [5, 5.41) is 2.89. The summed E-state index contributed by atoms with van der Waals surface area (Å²) in [4.78, 5) is 28.6. The Balaban J connectivity index is 1.89. The van der Waals surface area contributed by atoms with Crippen molar-refractivity contribution in [2.75, 3.05) is 11.1 Å². The quantitative estimate of drug-likeness (QED) is 0.652. The molecule has 0 radical (unpaired) electrons. The van der Waals surface area contributed by atoms with Crippen LogP contribution in [0, 0.1) is 0 Å². The first kappa shape index (κ1) is 19.8. The van der Waals surface area contributed by atoms with Crippen LogP contribution in [-0.2, 0) is 6.54 Å². The second-order valence-electron chi connectivity index (χ2n) is 6.07. The van der Waals surface area contributed by atoms with Gasteiger partial charge < -0.3 is 11.1 Å². The molecular formula is C22H21N3O2S. The number of nitrogens with two attached hydrogens (primary N) is 1. The summed E-state index contributed by atoms with van der Waals surface area (Å²) in [6.07, 6.45) is 3.25. The fourth-order valence-electron chi connectivity index (χ4n) is 2.85. The summed E-state index contributed by atoms with van der Waals surface area (Å²) in [6, 6.07) is 16.4. The zero-order valence-corrected chi connectivity index (χ0v) is 16.3. The normalized spacial score (nSPS) is 10.5. The molecule has 6 heteroatoms. The van der Waals surface area contributed by atoms with Gasteiger partial charge in [-0.3, -0.25) is 14.6 Å². The minimum Gasteiger partial charge on any atom is -0.326 e. The highest BCUT2D eigenvalue weighted by Crippen LogP contribution is 2.27. The van der Waals surface area contributed by atoms with E-state index >= 15 is 0 Å². The highest BCUT2D eigenvalue weighted by molar-refractivity contribution is 8.14. The number of nitrogens with zero attached hydrogens (tertiary/aromatic N) is 1. The fraction of sp³-hybridized carbons (Fsp3) is 0.136. The molecule has 142 valence electrons. The van der Waals surface area contributed by atoms with Crippen LogP contribution in [0.25, 0.3) is 11.1 Å². The second-order valence-corrected chi connectivity index (χ2v) is 7.30. The molecule has 0 aliphatic carbocycles. The van der Waals surface area contributed by atoms with E-state index in [0.29, 0.717) is 23.4 Å². The molecule has 0 aliphatic rings. The van der Waals surface area contributed by atoms with Gasteiger partial charge in [0.2, 0.25) is 5.12 Å².